The van der Waals surface area contributed by atoms with E-state index in [0.717, 1.165) is 0 Å². The van der Waals surface area contributed by atoms with Crippen molar-refractivity contribution in [2.24, 2.45) is 17.2 Å². The van der Waals surface area contributed by atoms with E-state index in [1.165, 1.54) is 0 Å². The van der Waals surface area contributed by atoms with Gasteiger partial charge in [0.2, 0.25) is 5.91 Å². The summed E-state index contributed by atoms with van der Waals surface area (Å²) in [4.78, 5) is 12.3. The molecule has 0 aromatic carbocycles. The fraction of sp³-hybridized carbons (Fsp3) is 0.952. The highest BCUT2D eigenvalue weighted by Crippen LogP contribution is 2.31. The highest BCUT2D eigenvalue weighted by Gasteiger charge is 2.43. The Balaban J connectivity index is 1.66. The average Bonchev–Trinajstić information content (AvgIpc) is 3.25. The number of nitrogens with two attached hydrogens (primary N) is 3. The van der Waals surface area contributed by atoms with Gasteiger partial charge in [0.25, 0.3) is 0 Å². The number of rotatable bonds is 10. The minimum atomic E-state index is -1.18. The van der Waals surface area contributed by atoms with E-state index in [1.54, 1.807) is 0 Å². The number of aliphatic hydroxyl groups excluding tert-OH is 3. The molecule has 0 spiro atoms. The molecule has 12 nitrogen and oxygen atoms in total. The van der Waals surface area contributed by atoms with Gasteiger partial charge in [0.1, 0.15) is 12.2 Å². The van der Waals surface area contributed by atoms with E-state index in [4.69, 9.17) is 36.1 Å². The number of amides is 1. The zero-order valence-electron chi connectivity index (χ0n) is 19.0. The molecule has 1 saturated carbocycles. The van der Waals surface area contributed by atoms with E-state index >= 15 is 0 Å². The number of nitrogens with one attached hydrogen (secondary N) is 1. The first-order valence-electron chi connectivity index (χ1n) is 11.9. The molecule has 192 valence electrons. The monoisotopic (exact) mass is 476 g/mol. The molecular weight excluding hydrogens is 436 g/mol. The van der Waals surface area contributed by atoms with Gasteiger partial charge in [0, 0.05) is 31.5 Å². The van der Waals surface area contributed by atoms with Gasteiger partial charge in [-0.05, 0) is 38.6 Å². The van der Waals surface area contributed by atoms with Gasteiger partial charge in [-0.1, -0.05) is 0 Å². The Hall–Kier alpha value is -0.930. The normalized spacial score (nSPS) is 40.5. The minimum absolute atomic E-state index is 0.0829. The molecule has 3 fully saturated rings. The molecule has 0 aromatic heterocycles. The van der Waals surface area contributed by atoms with Crippen LogP contribution in [-0.2, 0) is 23.7 Å². The maximum absolute atomic E-state index is 12.3. The number of hydrogen-bond donors (Lipinski definition) is 7. The van der Waals surface area contributed by atoms with Crippen LogP contribution < -0.4 is 22.5 Å². The molecule has 0 bridgehead atoms. The summed E-state index contributed by atoms with van der Waals surface area (Å²) in [6.45, 7) is 0.293. The lowest BCUT2D eigenvalue weighted by Crippen LogP contribution is -2.59. The molecule has 0 radical (unpaired) electrons. The summed E-state index contributed by atoms with van der Waals surface area (Å²) in [6.07, 6.45) is -1.48. The van der Waals surface area contributed by atoms with E-state index in [-0.39, 0.29) is 38.3 Å². The quantitative estimate of drug-likeness (QED) is 0.174. The predicted octanol–water partition coefficient (Wildman–Crippen LogP) is -2.61. The maximum atomic E-state index is 12.3. The summed E-state index contributed by atoms with van der Waals surface area (Å²) >= 11 is 0. The standard InChI is InChI=1S/C21H40N4O8/c22-6-5-15(28)21(29)25-11-7-13(24)20(33-19-4-2-14(27)17(9-23)32-19)16(8-11)31-18-3-1-12(10-26)30-18/h11-20,26-28H,1-10,22-24H2,(H,25,29)/t11?,12?,13?,14-,15?,16?,17?,18?,19+,20+/m0/s1. The van der Waals surface area contributed by atoms with Crippen molar-refractivity contribution < 1.29 is 39.1 Å². The molecule has 2 aliphatic heterocycles. The van der Waals surface area contributed by atoms with Crippen LogP contribution in [0.15, 0.2) is 0 Å². The third-order valence-electron chi connectivity index (χ3n) is 6.54. The Morgan fingerprint density at radius 1 is 1.09 bits per heavy atom. The molecule has 7 unspecified atom stereocenters. The Morgan fingerprint density at radius 2 is 1.82 bits per heavy atom. The van der Waals surface area contributed by atoms with Crippen LogP contribution in [0.1, 0.15) is 44.9 Å². The third kappa shape index (κ3) is 7.28. The second-order valence-electron chi connectivity index (χ2n) is 9.14. The molecule has 1 aliphatic carbocycles. The minimum Gasteiger partial charge on any atom is -0.394 e. The summed E-state index contributed by atoms with van der Waals surface area (Å²) in [5.41, 5.74) is 17.6. The topological polar surface area (TPSA) is 205 Å². The average molecular weight is 477 g/mol. The van der Waals surface area contributed by atoms with Crippen molar-refractivity contribution in [3.63, 3.8) is 0 Å². The van der Waals surface area contributed by atoms with Crippen LogP contribution in [0.5, 0.6) is 0 Å². The summed E-state index contributed by atoms with van der Waals surface area (Å²) in [5.74, 6) is -0.497. The SMILES string of the molecule is NCCC(O)C(=O)NC1CC(N)[C@@H](O[C@@H]2CC[C@H](O)C(CN)O2)C(OC2CCC(CO)O2)C1. The smallest absolute Gasteiger partial charge is 0.249 e. The largest absolute Gasteiger partial charge is 0.394 e. The van der Waals surface area contributed by atoms with Crippen LogP contribution in [0.3, 0.4) is 0 Å². The van der Waals surface area contributed by atoms with Crippen LogP contribution in [0.4, 0.5) is 0 Å². The van der Waals surface area contributed by atoms with Crippen LogP contribution in [-0.4, -0.2) is 102 Å². The molecule has 3 aliphatic rings. The van der Waals surface area contributed by atoms with E-state index in [0.29, 0.717) is 38.5 Å². The van der Waals surface area contributed by atoms with Crippen LogP contribution in [0.25, 0.3) is 0 Å². The summed E-state index contributed by atoms with van der Waals surface area (Å²) in [5, 5.41) is 32.1. The van der Waals surface area contributed by atoms with Gasteiger partial charge in [0.15, 0.2) is 12.6 Å². The second-order valence-corrected chi connectivity index (χ2v) is 9.14. The van der Waals surface area contributed by atoms with Gasteiger partial charge >= 0.3 is 0 Å². The highest BCUT2D eigenvalue weighted by molar-refractivity contribution is 5.80. The lowest BCUT2D eigenvalue weighted by Gasteiger charge is -2.43. The van der Waals surface area contributed by atoms with E-state index in [1.807, 2.05) is 0 Å². The van der Waals surface area contributed by atoms with Crippen LogP contribution >= 0.6 is 0 Å². The Labute approximate surface area is 194 Å². The summed E-state index contributed by atoms with van der Waals surface area (Å²) in [6, 6.07) is -0.812. The number of hydrogen-bond acceptors (Lipinski definition) is 11. The lowest BCUT2D eigenvalue weighted by atomic mass is 9.86. The molecule has 10 atom stereocenters. The number of aliphatic hydroxyl groups is 3. The van der Waals surface area contributed by atoms with Crippen molar-refractivity contribution >= 4 is 5.91 Å². The van der Waals surface area contributed by atoms with Gasteiger partial charge in [0.05, 0.1) is 31.0 Å². The van der Waals surface area contributed by atoms with Gasteiger partial charge in [-0.2, -0.15) is 0 Å². The Morgan fingerprint density at radius 3 is 2.48 bits per heavy atom. The molecule has 1 amide bonds. The van der Waals surface area contributed by atoms with Gasteiger partial charge < -0.3 is 56.8 Å². The third-order valence-corrected chi connectivity index (χ3v) is 6.54. The Bertz CT molecular complexity index is 617. The van der Waals surface area contributed by atoms with Crippen molar-refractivity contribution in [1.29, 1.82) is 0 Å². The van der Waals surface area contributed by atoms with Crippen molar-refractivity contribution in [2.45, 2.75) is 106 Å². The lowest BCUT2D eigenvalue weighted by molar-refractivity contribution is -0.273. The zero-order valence-corrected chi connectivity index (χ0v) is 19.0. The first-order chi connectivity index (χ1) is 15.8. The zero-order chi connectivity index (χ0) is 24.0. The van der Waals surface area contributed by atoms with Crippen molar-refractivity contribution in [2.75, 3.05) is 19.7 Å². The maximum Gasteiger partial charge on any atom is 0.249 e. The summed E-state index contributed by atoms with van der Waals surface area (Å²) in [7, 11) is 0. The molecule has 10 N–H and O–H groups in total. The number of carbonyl (C=O) groups is 1. The van der Waals surface area contributed by atoms with Crippen LogP contribution in [0.2, 0.25) is 0 Å². The molecule has 2 saturated heterocycles. The molecule has 3 rings (SSSR count). The van der Waals surface area contributed by atoms with E-state index in [2.05, 4.69) is 5.32 Å². The van der Waals surface area contributed by atoms with Gasteiger partial charge in [-0.25, -0.2) is 0 Å². The van der Waals surface area contributed by atoms with E-state index < -0.39 is 55.0 Å². The van der Waals surface area contributed by atoms with Crippen molar-refractivity contribution in [3.05, 3.63) is 0 Å². The van der Waals surface area contributed by atoms with E-state index in [9.17, 15) is 20.1 Å². The van der Waals surface area contributed by atoms with Crippen molar-refractivity contribution in [3.8, 4) is 0 Å². The molecular formula is C21H40N4O8. The first kappa shape index (κ1) is 26.7. The highest BCUT2D eigenvalue weighted by atomic mass is 16.7. The molecule has 2 heterocycles. The second kappa shape index (κ2) is 12.7. The van der Waals surface area contributed by atoms with Gasteiger partial charge in [-0.3, -0.25) is 4.79 Å². The molecule has 12 heteroatoms. The fourth-order valence-corrected chi connectivity index (χ4v) is 4.71. The van der Waals surface area contributed by atoms with Crippen molar-refractivity contribution in [1.82, 2.24) is 5.32 Å². The number of ether oxygens (including phenoxy) is 4. The Kier molecular flexibility index (Phi) is 10.2. The molecule has 0 aromatic rings. The van der Waals surface area contributed by atoms with Crippen LogP contribution in [0, 0.1) is 0 Å². The number of carbonyl (C=O) groups excluding carboxylic acids is 1. The fourth-order valence-electron chi connectivity index (χ4n) is 4.71. The molecule has 33 heavy (non-hydrogen) atoms. The first-order valence-corrected chi connectivity index (χ1v) is 11.9. The predicted molar refractivity (Wildman–Crippen MR) is 117 cm³/mol. The van der Waals surface area contributed by atoms with Gasteiger partial charge in [-0.15, -0.1) is 0 Å². The summed E-state index contributed by atoms with van der Waals surface area (Å²) < 4.78 is 24.0.